The van der Waals surface area contributed by atoms with Crippen molar-refractivity contribution in [3.05, 3.63) is 47.3 Å². The lowest BCUT2D eigenvalue weighted by molar-refractivity contribution is 0.199. The minimum atomic E-state index is 0.734. The van der Waals surface area contributed by atoms with Crippen molar-refractivity contribution in [1.29, 1.82) is 0 Å². The van der Waals surface area contributed by atoms with E-state index in [0.29, 0.717) is 0 Å². The van der Waals surface area contributed by atoms with Crippen LogP contribution in [0.5, 0.6) is 0 Å². The molecular weight excluding hydrogens is 282 g/mol. The standard InChI is InChI=1S/C16H21N3OS/c1-12-9-18-16(19-10-12)21-15-5-4-14(13(2)8-15)11-17-6-7-20-3/h4-5,8-10,17H,6-7,11H2,1-3H3. The Hall–Kier alpha value is -1.43. The Morgan fingerprint density at radius 1 is 1.19 bits per heavy atom. The van der Waals surface area contributed by atoms with E-state index in [0.717, 1.165) is 35.3 Å². The van der Waals surface area contributed by atoms with Crippen LogP contribution < -0.4 is 5.32 Å². The molecule has 0 radical (unpaired) electrons. The van der Waals surface area contributed by atoms with Crippen LogP contribution in [0.15, 0.2) is 40.6 Å². The SMILES string of the molecule is COCCNCc1ccc(Sc2ncc(C)cn2)cc1C. The van der Waals surface area contributed by atoms with E-state index in [1.807, 2.05) is 19.3 Å². The van der Waals surface area contributed by atoms with Gasteiger partial charge in [0.2, 0.25) is 0 Å². The Balaban J connectivity index is 1.96. The molecule has 4 nitrogen and oxygen atoms in total. The molecule has 2 aromatic rings. The fourth-order valence-electron chi connectivity index (χ4n) is 1.87. The molecule has 2 rings (SSSR count). The van der Waals surface area contributed by atoms with Gasteiger partial charge in [-0.25, -0.2) is 9.97 Å². The molecule has 0 saturated heterocycles. The summed E-state index contributed by atoms with van der Waals surface area (Å²) in [6.07, 6.45) is 3.69. The first-order valence-electron chi connectivity index (χ1n) is 6.94. The van der Waals surface area contributed by atoms with Gasteiger partial charge in [-0.1, -0.05) is 6.07 Å². The summed E-state index contributed by atoms with van der Waals surface area (Å²) in [7, 11) is 1.71. The van der Waals surface area contributed by atoms with Crippen LogP contribution >= 0.6 is 11.8 Å². The van der Waals surface area contributed by atoms with Gasteiger partial charge < -0.3 is 10.1 Å². The van der Waals surface area contributed by atoms with E-state index in [9.17, 15) is 0 Å². The van der Waals surface area contributed by atoms with E-state index in [4.69, 9.17) is 4.74 Å². The Morgan fingerprint density at radius 3 is 2.62 bits per heavy atom. The van der Waals surface area contributed by atoms with Crippen molar-refractivity contribution in [3.63, 3.8) is 0 Å². The molecule has 1 heterocycles. The van der Waals surface area contributed by atoms with Gasteiger partial charge in [0.1, 0.15) is 0 Å². The number of nitrogens with zero attached hydrogens (tertiary/aromatic N) is 2. The molecule has 1 aromatic heterocycles. The van der Waals surface area contributed by atoms with Crippen LogP contribution in [0.25, 0.3) is 0 Å². The molecule has 0 atom stereocenters. The van der Waals surface area contributed by atoms with Crippen LogP contribution in [0.4, 0.5) is 0 Å². The van der Waals surface area contributed by atoms with E-state index < -0.39 is 0 Å². The van der Waals surface area contributed by atoms with Gasteiger partial charge >= 0.3 is 0 Å². The van der Waals surface area contributed by atoms with Crippen molar-refractivity contribution in [2.24, 2.45) is 0 Å². The summed E-state index contributed by atoms with van der Waals surface area (Å²) < 4.78 is 5.02. The van der Waals surface area contributed by atoms with Crippen molar-refractivity contribution in [2.75, 3.05) is 20.3 Å². The lowest BCUT2D eigenvalue weighted by Crippen LogP contribution is -2.19. The molecule has 1 aromatic carbocycles. The van der Waals surface area contributed by atoms with Crippen molar-refractivity contribution in [2.45, 2.75) is 30.4 Å². The van der Waals surface area contributed by atoms with Gasteiger partial charge in [0.05, 0.1) is 6.61 Å². The third-order valence-corrected chi connectivity index (χ3v) is 3.96. The number of rotatable bonds is 7. The Kier molecular flexibility index (Phi) is 6.17. The zero-order chi connectivity index (χ0) is 15.1. The Morgan fingerprint density at radius 2 is 1.95 bits per heavy atom. The fourth-order valence-corrected chi connectivity index (χ4v) is 2.66. The summed E-state index contributed by atoms with van der Waals surface area (Å²) in [6, 6.07) is 6.46. The second-order valence-corrected chi connectivity index (χ2v) is 5.94. The van der Waals surface area contributed by atoms with Gasteiger partial charge in [-0.3, -0.25) is 0 Å². The number of benzene rings is 1. The second kappa shape index (κ2) is 8.12. The molecule has 0 aliphatic heterocycles. The van der Waals surface area contributed by atoms with Crippen LogP contribution in [0.2, 0.25) is 0 Å². The molecule has 0 amide bonds. The van der Waals surface area contributed by atoms with Crippen LogP contribution in [0.1, 0.15) is 16.7 Å². The maximum Gasteiger partial charge on any atom is 0.192 e. The number of ether oxygens (including phenoxy) is 1. The van der Waals surface area contributed by atoms with E-state index >= 15 is 0 Å². The van der Waals surface area contributed by atoms with Crippen molar-refractivity contribution < 1.29 is 4.74 Å². The highest BCUT2D eigenvalue weighted by atomic mass is 32.2. The highest BCUT2D eigenvalue weighted by molar-refractivity contribution is 7.99. The van der Waals surface area contributed by atoms with Crippen LogP contribution in [0, 0.1) is 13.8 Å². The smallest absolute Gasteiger partial charge is 0.192 e. The minimum Gasteiger partial charge on any atom is -0.383 e. The average molecular weight is 303 g/mol. The molecule has 0 spiro atoms. The normalized spacial score (nSPS) is 10.8. The molecule has 1 N–H and O–H groups in total. The number of hydrogen-bond donors (Lipinski definition) is 1. The first-order chi connectivity index (χ1) is 10.2. The monoisotopic (exact) mass is 303 g/mol. The van der Waals surface area contributed by atoms with Gasteiger partial charge in [0.15, 0.2) is 5.16 Å². The average Bonchev–Trinajstić information content (AvgIpc) is 2.48. The van der Waals surface area contributed by atoms with Gasteiger partial charge in [0, 0.05) is 37.5 Å². The van der Waals surface area contributed by atoms with Crippen molar-refractivity contribution >= 4 is 11.8 Å². The van der Waals surface area contributed by atoms with Crippen LogP contribution in [-0.4, -0.2) is 30.2 Å². The van der Waals surface area contributed by atoms with E-state index in [1.54, 1.807) is 18.9 Å². The first-order valence-corrected chi connectivity index (χ1v) is 7.76. The zero-order valence-corrected chi connectivity index (χ0v) is 13.5. The molecule has 0 saturated carbocycles. The van der Waals surface area contributed by atoms with Crippen molar-refractivity contribution in [1.82, 2.24) is 15.3 Å². The fraction of sp³-hybridized carbons (Fsp3) is 0.375. The molecule has 0 aliphatic rings. The third kappa shape index (κ3) is 5.12. The lowest BCUT2D eigenvalue weighted by Gasteiger charge is -2.09. The number of hydrogen-bond acceptors (Lipinski definition) is 5. The largest absolute Gasteiger partial charge is 0.383 e. The summed E-state index contributed by atoms with van der Waals surface area (Å²) in [4.78, 5) is 9.81. The maximum absolute atomic E-state index is 5.02. The summed E-state index contributed by atoms with van der Waals surface area (Å²) in [6.45, 7) is 6.58. The third-order valence-electron chi connectivity index (χ3n) is 3.08. The minimum absolute atomic E-state index is 0.734. The van der Waals surface area contributed by atoms with E-state index in [1.165, 1.54) is 11.1 Å². The molecule has 21 heavy (non-hydrogen) atoms. The second-order valence-electron chi connectivity index (χ2n) is 4.90. The quantitative estimate of drug-likeness (QED) is 0.629. The molecule has 0 fully saturated rings. The molecule has 0 bridgehead atoms. The predicted molar refractivity (Wildman–Crippen MR) is 85.7 cm³/mol. The summed E-state index contributed by atoms with van der Waals surface area (Å²) in [5, 5.41) is 4.15. The molecule has 0 aliphatic carbocycles. The van der Waals surface area contributed by atoms with Crippen molar-refractivity contribution in [3.8, 4) is 0 Å². The van der Waals surface area contributed by atoms with Crippen LogP contribution in [-0.2, 0) is 11.3 Å². The zero-order valence-electron chi connectivity index (χ0n) is 12.7. The van der Waals surface area contributed by atoms with Crippen LogP contribution in [0.3, 0.4) is 0 Å². The van der Waals surface area contributed by atoms with Gasteiger partial charge in [-0.2, -0.15) is 0 Å². The summed E-state index contributed by atoms with van der Waals surface area (Å²) in [5.74, 6) is 0. The first kappa shape index (κ1) is 15.9. The highest BCUT2D eigenvalue weighted by Crippen LogP contribution is 2.26. The number of aryl methyl sites for hydroxylation is 2. The van der Waals surface area contributed by atoms with Gasteiger partial charge in [-0.15, -0.1) is 0 Å². The molecule has 112 valence electrons. The summed E-state index contributed by atoms with van der Waals surface area (Å²) in [5.41, 5.74) is 3.66. The topological polar surface area (TPSA) is 47.0 Å². The molecule has 0 unspecified atom stereocenters. The Labute approximate surface area is 130 Å². The van der Waals surface area contributed by atoms with E-state index in [-0.39, 0.29) is 0 Å². The number of aromatic nitrogens is 2. The van der Waals surface area contributed by atoms with Gasteiger partial charge in [-0.05, 0) is 54.4 Å². The molecular formula is C16H21N3OS. The molecule has 5 heteroatoms. The highest BCUT2D eigenvalue weighted by Gasteiger charge is 2.04. The summed E-state index contributed by atoms with van der Waals surface area (Å²) >= 11 is 1.59. The van der Waals surface area contributed by atoms with E-state index in [2.05, 4.69) is 40.4 Å². The van der Waals surface area contributed by atoms with Gasteiger partial charge in [0.25, 0.3) is 0 Å². The maximum atomic E-state index is 5.02. The predicted octanol–water partition coefficient (Wildman–Crippen LogP) is 2.98. The lowest BCUT2D eigenvalue weighted by atomic mass is 10.1. The number of methoxy groups -OCH3 is 1. The number of nitrogens with one attached hydrogen (secondary N) is 1. The Bertz CT molecular complexity index is 572.